The molecule has 1 fully saturated rings. The highest BCUT2D eigenvalue weighted by Gasteiger charge is 2.25. The van der Waals surface area contributed by atoms with E-state index in [0.717, 1.165) is 25.7 Å². The molecule has 1 aromatic carbocycles. The fraction of sp³-hybridized carbons (Fsp3) is 0.467. The van der Waals surface area contributed by atoms with Gasteiger partial charge in [0.25, 0.3) is 0 Å². The van der Waals surface area contributed by atoms with Crippen molar-refractivity contribution in [3.8, 4) is 5.75 Å². The summed E-state index contributed by atoms with van der Waals surface area (Å²) in [6.07, 6.45) is 4.01. The van der Waals surface area contributed by atoms with Gasteiger partial charge in [0.05, 0.1) is 5.92 Å². The van der Waals surface area contributed by atoms with Gasteiger partial charge in [0, 0.05) is 0 Å². The number of hydrogen-bond acceptors (Lipinski definition) is 2. The smallest absolute Gasteiger partial charge is 0.314 e. The Bertz CT molecular complexity index is 372. The maximum absolute atomic E-state index is 11.9. The van der Waals surface area contributed by atoms with Gasteiger partial charge in [0.2, 0.25) is 0 Å². The summed E-state index contributed by atoms with van der Waals surface area (Å²) >= 11 is 0. The third-order valence-corrected chi connectivity index (χ3v) is 3.41. The van der Waals surface area contributed by atoms with E-state index in [1.807, 2.05) is 31.2 Å². The van der Waals surface area contributed by atoms with Crippen molar-refractivity contribution in [1.82, 2.24) is 0 Å². The number of carbonyl (C=O) groups excluding carboxylic acids is 1. The summed E-state index contributed by atoms with van der Waals surface area (Å²) in [5.74, 6) is 2.18. The molecule has 0 spiro atoms. The number of benzene rings is 1. The van der Waals surface area contributed by atoms with Gasteiger partial charge in [0.1, 0.15) is 5.75 Å². The monoisotopic (exact) mass is 231 g/mol. The number of rotatable bonds is 2. The van der Waals surface area contributed by atoms with Gasteiger partial charge in [-0.1, -0.05) is 24.6 Å². The van der Waals surface area contributed by atoms with Crippen molar-refractivity contribution in [2.24, 2.45) is 5.92 Å². The molecule has 0 N–H and O–H groups in total. The van der Waals surface area contributed by atoms with Gasteiger partial charge < -0.3 is 4.74 Å². The molecule has 2 nitrogen and oxygen atoms in total. The van der Waals surface area contributed by atoms with E-state index in [1.54, 1.807) is 0 Å². The van der Waals surface area contributed by atoms with E-state index in [9.17, 15) is 4.79 Å². The molecule has 0 aromatic heterocycles. The summed E-state index contributed by atoms with van der Waals surface area (Å²) in [6.45, 7) is 4.19. The average Bonchev–Trinajstić information content (AvgIpc) is 2.33. The summed E-state index contributed by atoms with van der Waals surface area (Å²) in [4.78, 5) is 11.9. The second kappa shape index (κ2) is 5.35. The molecule has 0 aliphatic heterocycles. The fourth-order valence-corrected chi connectivity index (χ4v) is 2.15. The SMILES string of the molecule is C[C]1CCC(C(=O)Oc2ccc(C)cc2)CC1. The van der Waals surface area contributed by atoms with Gasteiger partial charge in [-0.25, -0.2) is 0 Å². The van der Waals surface area contributed by atoms with Gasteiger partial charge in [-0.2, -0.15) is 0 Å². The number of hydrogen-bond donors (Lipinski definition) is 0. The van der Waals surface area contributed by atoms with Crippen molar-refractivity contribution in [3.05, 3.63) is 35.7 Å². The van der Waals surface area contributed by atoms with Crippen LogP contribution in [0, 0.1) is 18.8 Å². The molecule has 0 atom stereocenters. The Morgan fingerprint density at radius 1 is 1.12 bits per heavy atom. The van der Waals surface area contributed by atoms with Crippen LogP contribution in [0.25, 0.3) is 0 Å². The number of esters is 1. The lowest BCUT2D eigenvalue weighted by molar-refractivity contribution is -0.139. The number of carbonyl (C=O) groups is 1. The van der Waals surface area contributed by atoms with Crippen molar-refractivity contribution in [2.45, 2.75) is 39.5 Å². The summed E-state index contributed by atoms with van der Waals surface area (Å²) in [5, 5.41) is 0. The molecule has 2 rings (SSSR count). The molecule has 1 saturated carbocycles. The molecular weight excluding hydrogens is 212 g/mol. The lowest BCUT2D eigenvalue weighted by Gasteiger charge is -2.24. The predicted octanol–water partition coefficient (Wildman–Crippen LogP) is 3.69. The second-order valence-electron chi connectivity index (χ2n) is 4.97. The van der Waals surface area contributed by atoms with E-state index in [2.05, 4.69) is 6.92 Å². The molecule has 91 valence electrons. The van der Waals surface area contributed by atoms with Gasteiger partial charge in [0.15, 0.2) is 0 Å². The first-order chi connectivity index (χ1) is 8.15. The molecule has 0 unspecified atom stereocenters. The first kappa shape index (κ1) is 12.2. The maximum atomic E-state index is 11.9. The zero-order valence-corrected chi connectivity index (χ0v) is 10.5. The molecular formula is C15H19O2. The highest BCUT2D eigenvalue weighted by Crippen LogP contribution is 2.30. The molecule has 0 heterocycles. The quantitative estimate of drug-likeness (QED) is 0.573. The van der Waals surface area contributed by atoms with E-state index < -0.39 is 0 Å². The minimum Gasteiger partial charge on any atom is -0.426 e. The Kier molecular flexibility index (Phi) is 3.82. The van der Waals surface area contributed by atoms with E-state index in [1.165, 1.54) is 11.5 Å². The zero-order chi connectivity index (χ0) is 12.3. The van der Waals surface area contributed by atoms with Crippen LogP contribution < -0.4 is 4.74 Å². The Balaban J connectivity index is 1.90. The van der Waals surface area contributed by atoms with Gasteiger partial charge >= 0.3 is 5.97 Å². The van der Waals surface area contributed by atoms with Crippen LogP contribution in [0.3, 0.4) is 0 Å². The normalized spacial score (nSPS) is 18.0. The number of ether oxygens (including phenoxy) is 1. The molecule has 1 aliphatic rings. The molecule has 1 aliphatic carbocycles. The van der Waals surface area contributed by atoms with Crippen molar-refractivity contribution < 1.29 is 9.53 Å². The topological polar surface area (TPSA) is 26.3 Å². The van der Waals surface area contributed by atoms with Crippen molar-refractivity contribution in [2.75, 3.05) is 0 Å². The molecule has 2 heteroatoms. The molecule has 0 saturated heterocycles. The summed E-state index contributed by atoms with van der Waals surface area (Å²) in [6, 6.07) is 7.63. The van der Waals surface area contributed by atoms with Crippen molar-refractivity contribution in [3.63, 3.8) is 0 Å². The Labute approximate surface area is 103 Å². The van der Waals surface area contributed by atoms with Crippen molar-refractivity contribution in [1.29, 1.82) is 0 Å². The van der Waals surface area contributed by atoms with Crippen LogP contribution in [-0.4, -0.2) is 5.97 Å². The molecule has 1 radical (unpaired) electrons. The standard InChI is InChI=1S/C15H19O2/c1-11-3-7-13(8-4-11)15(16)17-14-9-5-12(2)6-10-14/h5-6,9-10,13H,3-4,7-8H2,1-2H3. The summed E-state index contributed by atoms with van der Waals surface area (Å²) in [5.41, 5.74) is 1.17. The van der Waals surface area contributed by atoms with Crippen LogP contribution in [-0.2, 0) is 4.79 Å². The Hall–Kier alpha value is -1.31. The number of aryl methyl sites for hydroxylation is 1. The average molecular weight is 231 g/mol. The lowest BCUT2D eigenvalue weighted by atomic mass is 9.83. The van der Waals surface area contributed by atoms with E-state index in [0.29, 0.717) is 5.75 Å². The minimum absolute atomic E-state index is 0.0682. The van der Waals surface area contributed by atoms with Gasteiger partial charge in [-0.3, -0.25) is 4.79 Å². The van der Waals surface area contributed by atoms with E-state index in [-0.39, 0.29) is 11.9 Å². The van der Waals surface area contributed by atoms with Crippen LogP contribution in [0.4, 0.5) is 0 Å². The third-order valence-electron chi connectivity index (χ3n) is 3.41. The highest BCUT2D eigenvalue weighted by atomic mass is 16.5. The lowest BCUT2D eigenvalue weighted by Crippen LogP contribution is -2.24. The van der Waals surface area contributed by atoms with Crippen LogP contribution in [0.2, 0.25) is 0 Å². The summed E-state index contributed by atoms with van der Waals surface area (Å²) < 4.78 is 5.40. The fourth-order valence-electron chi connectivity index (χ4n) is 2.15. The second-order valence-corrected chi connectivity index (χ2v) is 4.97. The Morgan fingerprint density at radius 2 is 1.71 bits per heavy atom. The van der Waals surface area contributed by atoms with E-state index in [4.69, 9.17) is 4.74 Å². The van der Waals surface area contributed by atoms with Crippen LogP contribution in [0.1, 0.15) is 38.2 Å². The molecule has 0 bridgehead atoms. The van der Waals surface area contributed by atoms with Gasteiger partial charge in [-0.15, -0.1) is 0 Å². The predicted molar refractivity (Wildman–Crippen MR) is 67.7 cm³/mol. The summed E-state index contributed by atoms with van der Waals surface area (Å²) in [7, 11) is 0. The van der Waals surface area contributed by atoms with Crippen LogP contribution in [0.5, 0.6) is 5.75 Å². The zero-order valence-electron chi connectivity index (χ0n) is 10.5. The molecule has 17 heavy (non-hydrogen) atoms. The first-order valence-corrected chi connectivity index (χ1v) is 6.25. The minimum atomic E-state index is -0.0682. The molecule has 0 amide bonds. The van der Waals surface area contributed by atoms with Gasteiger partial charge in [-0.05, 0) is 50.7 Å². The van der Waals surface area contributed by atoms with Crippen LogP contribution >= 0.6 is 0 Å². The van der Waals surface area contributed by atoms with E-state index >= 15 is 0 Å². The largest absolute Gasteiger partial charge is 0.426 e. The molecule has 1 aromatic rings. The third kappa shape index (κ3) is 3.32. The maximum Gasteiger partial charge on any atom is 0.314 e. The first-order valence-electron chi connectivity index (χ1n) is 6.25. The van der Waals surface area contributed by atoms with Crippen LogP contribution in [0.15, 0.2) is 24.3 Å². The highest BCUT2D eigenvalue weighted by molar-refractivity contribution is 5.75. The van der Waals surface area contributed by atoms with Crippen molar-refractivity contribution >= 4 is 5.97 Å². The Morgan fingerprint density at radius 3 is 2.29 bits per heavy atom.